The Labute approximate surface area is 184 Å². The number of anilines is 2. The van der Waals surface area contributed by atoms with Crippen LogP contribution in [0.1, 0.15) is 21.5 Å². The Kier molecular flexibility index (Phi) is 6.65. The number of para-hydroxylation sites is 1. The molecule has 0 aliphatic heterocycles. The van der Waals surface area contributed by atoms with Gasteiger partial charge in [0.15, 0.2) is 0 Å². The molecule has 1 N–H and O–H groups in total. The molecule has 3 aromatic carbocycles. The van der Waals surface area contributed by atoms with Gasteiger partial charge < -0.3 is 9.80 Å². The number of sulfonamides is 1. The van der Waals surface area contributed by atoms with Crippen LogP contribution >= 0.6 is 0 Å². The Bertz CT molecular complexity index is 1170. The van der Waals surface area contributed by atoms with Gasteiger partial charge >= 0.3 is 0 Å². The Hall–Kier alpha value is -3.32. The molecule has 0 atom stereocenters. The predicted octanol–water partition coefficient (Wildman–Crippen LogP) is 4.13. The van der Waals surface area contributed by atoms with E-state index in [9.17, 15) is 13.2 Å². The van der Waals surface area contributed by atoms with Gasteiger partial charge in [-0.1, -0.05) is 36.4 Å². The number of carbonyl (C=O) groups is 1. The molecule has 0 bridgehead atoms. The zero-order valence-electron chi connectivity index (χ0n) is 18.2. The number of benzene rings is 3. The van der Waals surface area contributed by atoms with Gasteiger partial charge in [0.25, 0.3) is 15.9 Å². The van der Waals surface area contributed by atoms with Gasteiger partial charge in [0.05, 0.1) is 10.6 Å². The molecule has 0 spiro atoms. The SMILES string of the molecule is Cc1ccccc1NS(=O)(=O)c1cccc(C(=O)N(C)Cc2ccc(N(C)C)cc2)c1. The zero-order chi connectivity index (χ0) is 22.6. The lowest BCUT2D eigenvalue weighted by atomic mass is 10.1. The average molecular weight is 438 g/mol. The van der Waals surface area contributed by atoms with Crippen molar-refractivity contribution in [1.29, 1.82) is 0 Å². The smallest absolute Gasteiger partial charge is 0.261 e. The second-order valence-corrected chi connectivity index (χ2v) is 9.35. The number of rotatable bonds is 7. The summed E-state index contributed by atoms with van der Waals surface area (Å²) in [5, 5.41) is 0. The Morgan fingerprint density at radius 3 is 2.23 bits per heavy atom. The Morgan fingerprint density at radius 2 is 1.58 bits per heavy atom. The summed E-state index contributed by atoms with van der Waals surface area (Å²) in [6.45, 7) is 2.25. The lowest BCUT2D eigenvalue weighted by Crippen LogP contribution is -2.26. The van der Waals surface area contributed by atoms with Crippen molar-refractivity contribution in [3.05, 3.63) is 89.5 Å². The molecule has 0 unspecified atom stereocenters. The van der Waals surface area contributed by atoms with E-state index in [4.69, 9.17) is 0 Å². The predicted molar refractivity (Wildman–Crippen MR) is 125 cm³/mol. The number of aryl methyl sites for hydroxylation is 1. The highest BCUT2D eigenvalue weighted by Crippen LogP contribution is 2.21. The van der Waals surface area contributed by atoms with E-state index >= 15 is 0 Å². The van der Waals surface area contributed by atoms with E-state index in [0.717, 1.165) is 16.8 Å². The van der Waals surface area contributed by atoms with Crippen molar-refractivity contribution in [1.82, 2.24) is 4.90 Å². The van der Waals surface area contributed by atoms with Crippen molar-refractivity contribution < 1.29 is 13.2 Å². The van der Waals surface area contributed by atoms with E-state index < -0.39 is 10.0 Å². The van der Waals surface area contributed by atoms with Crippen molar-refractivity contribution in [2.75, 3.05) is 30.8 Å². The standard InChI is InChI=1S/C24H27N3O3S/c1-18-8-5-6-11-23(18)25-31(29,30)22-10-7-9-20(16-22)24(28)27(4)17-19-12-14-21(15-13-19)26(2)3/h5-16,25H,17H2,1-4H3. The molecule has 0 fully saturated rings. The highest BCUT2D eigenvalue weighted by Gasteiger charge is 2.19. The number of nitrogens with one attached hydrogen (secondary N) is 1. The molecule has 31 heavy (non-hydrogen) atoms. The van der Waals surface area contributed by atoms with Crippen LogP contribution in [0.15, 0.2) is 77.7 Å². The van der Waals surface area contributed by atoms with Crippen LogP contribution in [0.2, 0.25) is 0 Å². The highest BCUT2D eigenvalue weighted by molar-refractivity contribution is 7.92. The van der Waals surface area contributed by atoms with Crippen LogP contribution in [0.3, 0.4) is 0 Å². The summed E-state index contributed by atoms with van der Waals surface area (Å²) >= 11 is 0. The van der Waals surface area contributed by atoms with Gasteiger partial charge in [-0.2, -0.15) is 0 Å². The summed E-state index contributed by atoms with van der Waals surface area (Å²) in [4.78, 5) is 16.5. The molecule has 7 heteroatoms. The summed E-state index contributed by atoms with van der Waals surface area (Å²) in [6, 6.07) is 21.2. The van der Waals surface area contributed by atoms with Crippen LogP contribution in [-0.2, 0) is 16.6 Å². The summed E-state index contributed by atoms with van der Waals surface area (Å²) in [5.41, 5.74) is 3.72. The fourth-order valence-corrected chi connectivity index (χ4v) is 4.33. The molecule has 0 saturated heterocycles. The van der Waals surface area contributed by atoms with E-state index in [2.05, 4.69) is 4.72 Å². The summed E-state index contributed by atoms with van der Waals surface area (Å²) in [7, 11) is 1.83. The molecular weight excluding hydrogens is 410 g/mol. The van der Waals surface area contributed by atoms with E-state index in [1.54, 1.807) is 36.2 Å². The molecule has 162 valence electrons. The minimum Gasteiger partial charge on any atom is -0.378 e. The minimum absolute atomic E-state index is 0.0466. The topological polar surface area (TPSA) is 69.7 Å². The number of nitrogens with zero attached hydrogens (tertiary/aromatic N) is 2. The molecule has 0 heterocycles. The van der Waals surface area contributed by atoms with Gasteiger partial charge in [0.2, 0.25) is 0 Å². The maximum Gasteiger partial charge on any atom is 0.261 e. The Balaban J connectivity index is 1.76. The van der Waals surface area contributed by atoms with E-state index in [1.165, 1.54) is 12.1 Å². The van der Waals surface area contributed by atoms with Crippen LogP contribution in [0.5, 0.6) is 0 Å². The van der Waals surface area contributed by atoms with Crippen molar-refractivity contribution in [3.63, 3.8) is 0 Å². The van der Waals surface area contributed by atoms with Crippen LogP contribution in [-0.4, -0.2) is 40.4 Å². The number of carbonyl (C=O) groups excluding carboxylic acids is 1. The van der Waals surface area contributed by atoms with Crippen LogP contribution in [0.4, 0.5) is 11.4 Å². The minimum atomic E-state index is -3.81. The third-order valence-electron chi connectivity index (χ3n) is 5.00. The van der Waals surface area contributed by atoms with E-state index in [1.807, 2.05) is 62.3 Å². The molecule has 6 nitrogen and oxygen atoms in total. The first-order valence-corrected chi connectivity index (χ1v) is 11.4. The fraction of sp³-hybridized carbons (Fsp3) is 0.208. The fourth-order valence-electron chi connectivity index (χ4n) is 3.15. The van der Waals surface area contributed by atoms with Gasteiger partial charge in [0, 0.05) is 38.9 Å². The average Bonchev–Trinajstić information content (AvgIpc) is 2.75. The van der Waals surface area contributed by atoms with Gasteiger partial charge in [-0.25, -0.2) is 8.42 Å². The quantitative estimate of drug-likeness (QED) is 0.603. The third-order valence-corrected chi connectivity index (χ3v) is 6.36. The maximum atomic E-state index is 12.9. The summed E-state index contributed by atoms with van der Waals surface area (Å²) in [5.74, 6) is -0.246. The van der Waals surface area contributed by atoms with Crippen molar-refractivity contribution in [2.45, 2.75) is 18.4 Å². The lowest BCUT2D eigenvalue weighted by molar-refractivity contribution is 0.0785. The molecule has 0 aliphatic rings. The van der Waals surface area contributed by atoms with Crippen molar-refractivity contribution in [2.24, 2.45) is 0 Å². The van der Waals surface area contributed by atoms with Gasteiger partial charge in [0.1, 0.15) is 0 Å². The number of hydrogen-bond acceptors (Lipinski definition) is 4. The highest BCUT2D eigenvalue weighted by atomic mass is 32.2. The first-order chi connectivity index (χ1) is 14.7. The zero-order valence-corrected chi connectivity index (χ0v) is 19.0. The monoisotopic (exact) mass is 437 g/mol. The van der Waals surface area contributed by atoms with Crippen LogP contribution in [0.25, 0.3) is 0 Å². The van der Waals surface area contributed by atoms with E-state index in [0.29, 0.717) is 17.8 Å². The maximum absolute atomic E-state index is 12.9. The van der Waals surface area contributed by atoms with Crippen molar-refractivity contribution in [3.8, 4) is 0 Å². The molecule has 0 aromatic heterocycles. The molecule has 0 saturated carbocycles. The second kappa shape index (κ2) is 9.22. The first kappa shape index (κ1) is 22.4. The number of hydrogen-bond donors (Lipinski definition) is 1. The largest absolute Gasteiger partial charge is 0.378 e. The first-order valence-electron chi connectivity index (χ1n) is 9.87. The van der Waals surface area contributed by atoms with Gasteiger partial charge in [-0.15, -0.1) is 0 Å². The van der Waals surface area contributed by atoms with Crippen LogP contribution in [0, 0.1) is 6.92 Å². The summed E-state index contributed by atoms with van der Waals surface area (Å²) in [6.07, 6.45) is 0. The van der Waals surface area contributed by atoms with E-state index in [-0.39, 0.29) is 10.8 Å². The van der Waals surface area contributed by atoms with Gasteiger partial charge in [-0.3, -0.25) is 9.52 Å². The van der Waals surface area contributed by atoms with Crippen molar-refractivity contribution >= 4 is 27.3 Å². The molecular formula is C24H27N3O3S. The van der Waals surface area contributed by atoms with Gasteiger partial charge in [-0.05, 0) is 54.4 Å². The lowest BCUT2D eigenvalue weighted by Gasteiger charge is -2.19. The molecule has 3 rings (SSSR count). The number of amides is 1. The molecule has 0 radical (unpaired) electrons. The molecule has 0 aliphatic carbocycles. The summed E-state index contributed by atoms with van der Waals surface area (Å²) < 4.78 is 28.3. The molecule has 3 aromatic rings. The molecule has 1 amide bonds. The van der Waals surface area contributed by atoms with Crippen LogP contribution < -0.4 is 9.62 Å². The Morgan fingerprint density at radius 1 is 0.903 bits per heavy atom. The second-order valence-electron chi connectivity index (χ2n) is 7.67. The third kappa shape index (κ3) is 5.44. The normalized spacial score (nSPS) is 11.1.